The molecule has 1 amide bonds. The zero-order valence-corrected chi connectivity index (χ0v) is 14.5. The molecule has 0 aliphatic carbocycles. The van der Waals surface area contributed by atoms with Crippen LogP contribution in [-0.4, -0.2) is 28.7 Å². The van der Waals surface area contributed by atoms with E-state index >= 15 is 0 Å². The maximum atomic E-state index is 12.6. The quantitative estimate of drug-likeness (QED) is 0.649. The van der Waals surface area contributed by atoms with E-state index in [-0.39, 0.29) is 5.91 Å². The molecule has 1 heterocycles. The SMILES string of the molecule is O=C(c1ccc(Br)cc1Cl)N1CCCC1CCCBr. The monoisotopic (exact) mass is 407 g/mol. The van der Waals surface area contributed by atoms with Crippen LogP contribution in [0.15, 0.2) is 22.7 Å². The smallest absolute Gasteiger partial charge is 0.255 e. The zero-order valence-electron chi connectivity index (χ0n) is 10.5. The number of hydrogen-bond acceptors (Lipinski definition) is 1. The van der Waals surface area contributed by atoms with Gasteiger partial charge in [0.1, 0.15) is 0 Å². The van der Waals surface area contributed by atoms with Gasteiger partial charge in [-0.2, -0.15) is 0 Å². The fraction of sp³-hybridized carbons (Fsp3) is 0.500. The second-order valence-electron chi connectivity index (χ2n) is 4.75. The summed E-state index contributed by atoms with van der Waals surface area (Å²) in [5, 5.41) is 1.51. The molecule has 1 aliphatic heterocycles. The number of rotatable bonds is 4. The maximum Gasteiger partial charge on any atom is 0.255 e. The first-order chi connectivity index (χ1) is 9.13. The number of nitrogens with zero attached hydrogens (tertiary/aromatic N) is 1. The van der Waals surface area contributed by atoms with E-state index in [0.717, 1.165) is 42.0 Å². The van der Waals surface area contributed by atoms with Gasteiger partial charge in [0.15, 0.2) is 0 Å². The summed E-state index contributed by atoms with van der Waals surface area (Å²) in [6.45, 7) is 0.845. The second-order valence-corrected chi connectivity index (χ2v) is 6.87. The van der Waals surface area contributed by atoms with E-state index in [1.807, 2.05) is 11.0 Å². The number of amides is 1. The van der Waals surface area contributed by atoms with Gasteiger partial charge in [-0.3, -0.25) is 4.79 Å². The number of carbonyl (C=O) groups is 1. The lowest BCUT2D eigenvalue weighted by Gasteiger charge is -2.25. The summed E-state index contributed by atoms with van der Waals surface area (Å²) in [6.07, 6.45) is 4.35. The lowest BCUT2D eigenvalue weighted by Crippen LogP contribution is -2.35. The van der Waals surface area contributed by atoms with Gasteiger partial charge in [-0.15, -0.1) is 0 Å². The third kappa shape index (κ3) is 3.73. The van der Waals surface area contributed by atoms with Crippen LogP contribution in [0.5, 0.6) is 0 Å². The Morgan fingerprint density at radius 3 is 2.95 bits per heavy atom. The molecular weight excluding hydrogens is 393 g/mol. The van der Waals surface area contributed by atoms with E-state index in [1.54, 1.807) is 12.1 Å². The third-order valence-electron chi connectivity index (χ3n) is 3.47. The minimum atomic E-state index is 0.0644. The Labute approximate surface area is 135 Å². The first kappa shape index (κ1) is 15.3. The first-order valence-electron chi connectivity index (χ1n) is 6.45. The minimum absolute atomic E-state index is 0.0644. The van der Waals surface area contributed by atoms with Gasteiger partial charge in [0.25, 0.3) is 5.91 Å². The van der Waals surface area contributed by atoms with Gasteiger partial charge in [-0.05, 0) is 43.9 Å². The molecule has 0 saturated carbocycles. The van der Waals surface area contributed by atoms with Gasteiger partial charge in [0.05, 0.1) is 10.6 Å². The predicted molar refractivity (Wildman–Crippen MR) is 86.2 cm³/mol. The Hall–Kier alpha value is -0.0600. The molecule has 0 spiro atoms. The van der Waals surface area contributed by atoms with Gasteiger partial charge in [-0.1, -0.05) is 43.5 Å². The van der Waals surface area contributed by atoms with Crippen LogP contribution in [0.25, 0.3) is 0 Å². The van der Waals surface area contributed by atoms with Crippen molar-refractivity contribution < 1.29 is 4.79 Å². The lowest BCUT2D eigenvalue weighted by atomic mass is 10.1. The number of likely N-dealkylation sites (tertiary alicyclic amines) is 1. The summed E-state index contributed by atoms with van der Waals surface area (Å²) >= 11 is 13.0. The highest BCUT2D eigenvalue weighted by Gasteiger charge is 2.29. The van der Waals surface area contributed by atoms with Gasteiger partial charge >= 0.3 is 0 Å². The molecule has 0 N–H and O–H groups in total. The Bertz CT molecular complexity index is 467. The Kier molecular flexibility index (Phi) is 5.72. The third-order valence-corrected chi connectivity index (χ3v) is 4.84. The molecule has 2 nitrogen and oxygen atoms in total. The summed E-state index contributed by atoms with van der Waals surface area (Å²) in [6, 6.07) is 5.81. The number of halogens is 3. The lowest BCUT2D eigenvalue weighted by molar-refractivity contribution is 0.0730. The molecule has 1 aliphatic rings. The number of benzene rings is 1. The fourth-order valence-electron chi connectivity index (χ4n) is 2.53. The maximum absolute atomic E-state index is 12.6. The van der Waals surface area contributed by atoms with E-state index in [2.05, 4.69) is 31.9 Å². The van der Waals surface area contributed by atoms with Crippen LogP contribution < -0.4 is 0 Å². The van der Waals surface area contributed by atoms with Crippen LogP contribution in [0.3, 0.4) is 0 Å². The van der Waals surface area contributed by atoms with Crippen LogP contribution >= 0.6 is 43.5 Å². The molecule has 2 rings (SSSR count). The highest BCUT2D eigenvalue weighted by molar-refractivity contribution is 9.10. The summed E-state index contributed by atoms with van der Waals surface area (Å²) < 4.78 is 0.895. The fourth-order valence-corrected chi connectivity index (χ4v) is 3.61. The van der Waals surface area contributed by atoms with Crippen molar-refractivity contribution in [2.75, 3.05) is 11.9 Å². The topological polar surface area (TPSA) is 20.3 Å². The molecule has 0 aromatic heterocycles. The average Bonchev–Trinajstić information content (AvgIpc) is 2.83. The zero-order chi connectivity index (χ0) is 13.8. The second kappa shape index (κ2) is 7.09. The molecule has 1 unspecified atom stereocenters. The summed E-state index contributed by atoms with van der Waals surface area (Å²) in [4.78, 5) is 14.6. The molecule has 5 heteroatoms. The van der Waals surface area contributed by atoms with Crippen LogP contribution in [0, 0.1) is 0 Å². The number of carbonyl (C=O) groups excluding carboxylic acids is 1. The van der Waals surface area contributed by atoms with Crippen LogP contribution in [0.4, 0.5) is 0 Å². The van der Waals surface area contributed by atoms with E-state index in [4.69, 9.17) is 11.6 Å². The number of alkyl halides is 1. The molecule has 104 valence electrons. The van der Waals surface area contributed by atoms with Crippen molar-refractivity contribution in [1.29, 1.82) is 0 Å². The summed E-state index contributed by atoms with van der Waals surface area (Å²) in [5.74, 6) is 0.0644. The average molecular weight is 410 g/mol. The van der Waals surface area contributed by atoms with E-state index < -0.39 is 0 Å². The van der Waals surface area contributed by atoms with Crippen molar-refractivity contribution in [2.45, 2.75) is 31.7 Å². The predicted octanol–water partition coefficient (Wildman–Crippen LogP) is 4.88. The largest absolute Gasteiger partial charge is 0.336 e. The standard InChI is InChI=1S/C14H16Br2ClNO/c15-7-1-3-11-4-2-8-18(11)14(19)12-6-5-10(16)9-13(12)17/h5-6,9,11H,1-4,7-8H2. The first-order valence-corrected chi connectivity index (χ1v) is 8.74. The number of hydrogen-bond donors (Lipinski definition) is 0. The van der Waals surface area contributed by atoms with E-state index in [1.165, 1.54) is 0 Å². The molecule has 0 bridgehead atoms. The van der Waals surface area contributed by atoms with Crippen LogP contribution in [0.1, 0.15) is 36.0 Å². The Balaban J connectivity index is 2.13. The Morgan fingerprint density at radius 1 is 1.47 bits per heavy atom. The molecule has 19 heavy (non-hydrogen) atoms. The molecule has 1 atom stereocenters. The van der Waals surface area contributed by atoms with Crippen molar-refractivity contribution in [2.24, 2.45) is 0 Å². The van der Waals surface area contributed by atoms with Gasteiger partial charge in [0.2, 0.25) is 0 Å². The molecule has 0 radical (unpaired) electrons. The van der Waals surface area contributed by atoms with Gasteiger partial charge in [0, 0.05) is 22.4 Å². The van der Waals surface area contributed by atoms with E-state index in [0.29, 0.717) is 16.6 Å². The van der Waals surface area contributed by atoms with Crippen molar-refractivity contribution in [1.82, 2.24) is 4.90 Å². The molecule has 1 saturated heterocycles. The summed E-state index contributed by atoms with van der Waals surface area (Å²) in [7, 11) is 0. The van der Waals surface area contributed by atoms with Crippen molar-refractivity contribution in [3.8, 4) is 0 Å². The minimum Gasteiger partial charge on any atom is -0.336 e. The van der Waals surface area contributed by atoms with Gasteiger partial charge < -0.3 is 4.90 Å². The van der Waals surface area contributed by atoms with Crippen molar-refractivity contribution in [3.63, 3.8) is 0 Å². The van der Waals surface area contributed by atoms with E-state index in [9.17, 15) is 4.79 Å². The Morgan fingerprint density at radius 2 is 2.26 bits per heavy atom. The van der Waals surface area contributed by atoms with Crippen LogP contribution in [0.2, 0.25) is 5.02 Å². The molecule has 1 aromatic carbocycles. The summed E-state index contributed by atoms with van der Waals surface area (Å²) in [5.41, 5.74) is 0.607. The van der Waals surface area contributed by atoms with Crippen molar-refractivity contribution >= 4 is 49.4 Å². The van der Waals surface area contributed by atoms with Gasteiger partial charge in [-0.25, -0.2) is 0 Å². The molecular formula is C14H16Br2ClNO. The molecule has 1 aromatic rings. The molecule has 1 fully saturated rings. The highest BCUT2D eigenvalue weighted by atomic mass is 79.9. The van der Waals surface area contributed by atoms with Crippen molar-refractivity contribution in [3.05, 3.63) is 33.3 Å². The van der Waals surface area contributed by atoms with Crippen LogP contribution in [-0.2, 0) is 0 Å². The highest BCUT2D eigenvalue weighted by Crippen LogP contribution is 2.28. The normalized spacial score (nSPS) is 18.9.